The van der Waals surface area contributed by atoms with Crippen molar-refractivity contribution in [1.82, 2.24) is 19.6 Å². The number of nitriles is 2. The molecule has 0 bridgehead atoms. The van der Waals surface area contributed by atoms with Crippen molar-refractivity contribution in [2.45, 2.75) is 144 Å². The minimum atomic E-state index is -0.710. The number of unbranched alkanes of at least 4 members (excludes halogenated alkanes) is 1. The molecule has 0 heterocycles. The Labute approximate surface area is 300 Å². The molecular formula is C36H64N6O8. The van der Waals surface area contributed by atoms with Crippen LogP contribution in [0.4, 0.5) is 19.2 Å². The molecule has 0 rings (SSSR count). The van der Waals surface area contributed by atoms with E-state index in [0.717, 1.165) is 0 Å². The minimum Gasteiger partial charge on any atom is -0.444 e. The van der Waals surface area contributed by atoms with E-state index >= 15 is 0 Å². The first-order chi connectivity index (χ1) is 22.9. The fraction of sp³-hybridized carbons (Fsp3) is 0.833. The van der Waals surface area contributed by atoms with E-state index in [4.69, 9.17) is 29.5 Å². The van der Waals surface area contributed by atoms with Gasteiger partial charge in [0.15, 0.2) is 0 Å². The quantitative estimate of drug-likeness (QED) is 0.110. The number of ether oxygens (including phenoxy) is 4. The molecule has 0 aliphatic heterocycles. The number of rotatable bonds is 17. The molecule has 14 nitrogen and oxygen atoms in total. The summed E-state index contributed by atoms with van der Waals surface area (Å²) in [7, 11) is 0. The van der Waals surface area contributed by atoms with E-state index in [1.54, 1.807) is 92.9 Å². The average molecular weight is 709 g/mol. The molecule has 0 saturated heterocycles. The van der Waals surface area contributed by atoms with Gasteiger partial charge >= 0.3 is 24.4 Å². The zero-order chi connectivity index (χ0) is 38.8. The van der Waals surface area contributed by atoms with Gasteiger partial charge in [-0.1, -0.05) is 0 Å². The van der Waals surface area contributed by atoms with E-state index in [-0.39, 0.29) is 39.0 Å². The summed E-state index contributed by atoms with van der Waals surface area (Å²) in [5.41, 5.74) is -2.80. The average Bonchev–Trinajstić information content (AvgIpc) is 2.92. The molecule has 0 radical (unpaired) electrons. The van der Waals surface area contributed by atoms with Gasteiger partial charge in [-0.15, -0.1) is 0 Å². The molecule has 0 N–H and O–H groups in total. The van der Waals surface area contributed by atoms with Gasteiger partial charge in [-0.3, -0.25) is 0 Å². The standard InChI is InChI=1S/C36H64N6O8/c1-33(2,3)47-29(43)39(25-17-27-41(23-15-19-37)31(45)49-35(7,8)9)21-13-14-22-40(30(44)48-34(4,5)6)26-18-28-42(24-16-20-38)32(46)50-36(10,11)12/h13-18,21-28H2,1-12H3. The summed E-state index contributed by atoms with van der Waals surface area (Å²) >= 11 is 0. The molecule has 286 valence electrons. The van der Waals surface area contributed by atoms with Crippen LogP contribution in [-0.4, -0.2) is 119 Å². The summed E-state index contributed by atoms with van der Waals surface area (Å²) in [6.07, 6.45) is 0.288. The molecule has 0 aromatic carbocycles. The minimum absolute atomic E-state index is 0.155. The van der Waals surface area contributed by atoms with Crippen molar-refractivity contribution in [2.24, 2.45) is 0 Å². The maximum Gasteiger partial charge on any atom is 0.410 e. The van der Waals surface area contributed by atoms with Crippen molar-refractivity contribution in [3.8, 4) is 12.1 Å². The van der Waals surface area contributed by atoms with Crippen LogP contribution < -0.4 is 0 Å². The highest BCUT2D eigenvalue weighted by molar-refractivity contribution is 5.69. The normalized spacial score (nSPS) is 11.8. The van der Waals surface area contributed by atoms with Crippen LogP contribution >= 0.6 is 0 Å². The Morgan fingerprint density at radius 1 is 0.400 bits per heavy atom. The lowest BCUT2D eigenvalue weighted by Crippen LogP contribution is -2.42. The molecule has 0 saturated carbocycles. The lowest BCUT2D eigenvalue weighted by molar-refractivity contribution is 0.0167. The summed E-state index contributed by atoms with van der Waals surface area (Å²) in [5, 5.41) is 18.1. The van der Waals surface area contributed by atoms with Gasteiger partial charge < -0.3 is 38.5 Å². The van der Waals surface area contributed by atoms with Crippen molar-refractivity contribution < 1.29 is 38.1 Å². The topological polar surface area (TPSA) is 166 Å². The highest BCUT2D eigenvalue weighted by Crippen LogP contribution is 2.16. The number of carbonyl (C=O) groups excluding carboxylic acids is 4. The lowest BCUT2D eigenvalue weighted by Gasteiger charge is -2.30. The smallest absolute Gasteiger partial charge is 0.410 e. The molecule has 0 aliphatic carbocycles. The Hall–Kier alpha value is -3.94. The first kappa shape index (κ1) is 46.1. The Kier molecular flexibility index (Phi) is 19.6. The molecule has 0 aliphatic rings. The maximum atomic E-state index is 13.2. The highest BCUT2D eigenvalue weighted by Gasteiger charge is 2.27. The van der Waals surface area contributed by atoms with Crippen molar-refractivity contribution >= 4 is 24.4 Å². The monoisotopic (exact) mass is 708 g/mol. The fourth-order valence-electron chi connectivity index (χ4n) is 4.36. The van der Waals surface area contributed by atoms with Crippen LogP contribution in [-0.2, 0) is 18.9 Å². The predicted octanol–water partition coefficient (Wildman–Crippen LogP) is 7.32. The fourth-order valence-corrected chi connectivity index (χ4v) is 4.36. The summed E-state index contributed by atoms with van der Waals surface area (Å²) < 4.78 is 22.3. The van der Waals surface area contributed by atoms with Crippen LogP contribution in [0.5, 0.6) is 0 Å². The largest absolute Gasteiger partial charge is 0.444 e. The van der Waals surface area contributed by atoms with Gasteiger partial charge in [0, 0.05) is 52.4 Å². The third-order valence-electron chi connectivity index (χ3n) is 6.41. The van der Waals surface area contributed by atoms with Gasteiger partial charge in [-0.2, -0.15) is 10.5 Å². The van der Waals surface area contributed by atoms with Gasteiger partial charge in [0.05, 0.1) is 25.0 Å². The third kappa shape index (κ3) is 23.4. The molecular weight excluding hydrogens is 644 g/mol. The van der Waals surface area contributed by atoms with E-state index in [0.29, 0.717) is 51.9 Å². The van der Waals surface area contributed by atoms with Crippen LogP contribution in [0.1, 0.15) is 122 Å². The van der Waals surface area contributed by atoms with Crippen molar-refractivity contribution in [3.05, 3.63) is 0 Å². The molecule has 0 spiro atoms. The third-order valence-corrected chi connectivity index (χ3v) is 6.41. The summed E-state index contributed by atoms with van der Waals surface area (Å²) in [5.74, 6) is 0. The van der Waals surface area contributed by atoms with Crippen molar-refractivity contribution in [1.29, 1.82) is 10.5 Å². The van der Waals surface area contributed by atoms with Gasteiger partial charge in [0.25, 0.3) is 0 Å². The van der Waals surface area contributed by atoms with E-state index in [2.05, 4.69) is 12.1 Å². The molecule has 14 heteroatoms. The number of amides is 4. The van der Waals surface area contributed by atoms with E-state index < -0.39 is 46.8 Å². The second kappa shape index (κ2) is 21.3. The number of carbonyl (C=O) groups is 4. The molecule has 0 atom stereocenters. The van der Waals surface area contributed by atoms with E-state index in [9.17, 15) is 19.2 Å². The zero-order valence-corrected chi connectivity index (χ0v) is 32.8. The van der Waals surface area contributed by atoms with Gasteiger partial charge in [-0.25, -0.2) is 19.2 Å². The van der Waals surface area contributed by atoms with Crippen LogP contribution in [0.3, 0.4) is 0 Å². The summed E-state index contributed by atoms with van der Waals surface area (Å²) in [6, 6.07) is 4.11. The molecule has 0 aromatic heterocycles. The number of hydrogen-bond donors (Lipinski definition) is 0. The van der Waals surface area contributed by atoms with E-state index in [1.807, 2.05) is 0 Å². The lowest BCUT2D eigenvalue weighted by atomic mass is 10.2. The second-order valence-electron chi connectivity index (χ2n) is 16.1. The van der Waals surface area contributed by atoms with Crippen LogP contribution in [0.15, 0.2) is 0 Å². The predicted molar refractivity (Wildman–Crippen MR) is 190 cm³/mol. The van der Waals surface area contributed by atoms with Gasteiger partial charge in [-0.05, 0) is 109 Å². The highest BCUT2D eigenvalue weighted by atomic mass is 16.6. The van der Waals surface area contributed by atoms with Gasteiger partial charge in [0.1, 0.15) is 22.4 Å². The summed E-state index contributed by atoms with van der Waals surface area (Å²) in [4.78, 5) is 57.9. The van der Waals surface area contributed by atoms with Crippen LogP contribution in [0.25, 0.3) is 0 Å². The Balaban J connectivity index is 5.59. The second-order valence-corrected chi connectivity index (χ2v) is 16.1. The van der Waals surface area contributed by atoms with Crippen molar-refractivity contribution in [3.63, 3.8) is 0 Å². The summed E-state index contributed by atoms with van der Waals surface area (Å²) in [6.45, 7) is 23.7. The number of nitrogens with zero attached hydrogens (tertiary/aromatic N) is 6. The maximum absolute atomic E-state index is 13.2. The number of hydrogen-bond acceptors (Lipinski definition) is 10. The molecule has 0 fully saturated rings. The first-order valence-corrected chi connectivity index (χ1v) is 17.5. The Morgan fingerprint density at radius 2 is 0.600 bits per heavy atom. The Bertz CT molecular complexity index is 1060. The Morgan fingerprint density at radius 3 is 0.800 bits per heavy atom. The zero-order valence-electron chi connectivity index (χ0n) is 32.8. The SMILES string of the molecule is CC(C)(C)OC(=O)N(CCC#N)CCCN(CCCCN(CCCN(CCC#N)C(=O)OC(C)(C)C)C(=O)OC(C)(C)C)C(=O)OC(C)(C)C. The molecule has 0 aromatic rings. The van der Waals surface area contributed by atoms with Crippen LogP contribution in [0, 0.1) is 22.7 Å². The molecule has 4 amide bonds. The molecule has 50 heavy (non-hydrogen) atoms. The van der Waals surface area contributed by atoms with E-state index in [1.165, 1.54) is 9.80 Å². The van der Waals surface area contributed by atoms with Gasteiger partial charge in [0.2, 0.25) is 0 Å². The first-order valence-electron chi connectivity index (χ1n) is 17.5. The van der Waals surface area contributed by atoms with Crippen LogP contribution in [0.2, 0.25) is 0 Å². The van der Waals surface area contributed by atoms with Crippen molar-refractivity contribution in [2.75, 3.05) is 52.4 Å². The molecule has 0 unspecified atom stereocenters.